The van der Waals surface area contributed by atoms with Crippen LogP contribution in [0.5, 0.6) is 17.2 Å². The van der Waals surface area contributed by atoms with E-state index in [1.807, 2.05) is 30.3 Å². The van der Waals surface area contributed by atoms with Crippen molar-refractivity contribution >= 4 is 5.97 Å². The number of hydrogen-bond acceptors (Lipinski definition) is 5. The van der Waals surface area contributed by atoms with Crippen molar-refractivity contribution in [2.24, 2.45) is 0 Å². The number of carboxylic acids is 1. The number of carbonyl (C=O) groups is 1. The largest absolute Gasteiger partial charge is 0.497 e. The van der Waals surface area contributed by atoms with Gasteiger partial charge in [-0.25, -0.2) is 0 Å². The number of ether oxygens (including phenoxy) is 3. The first-order valence-electron chi connectivity index (χ1n) is 10.8. The molecule has 0 unspecified atom stereocenters. The molecule has 0 aromatic heterocycles. The molecule has 0 bridgehead atoms. The molecule has 3 aromatic carbocycles. The van der Waals surface area contributed by atoms with Gasteiger partial charge >= 0.3 is 5.97 Å². The van der Waals surface area contributed by atoms with E-state index in [9.17, 15) is 9.90 Å². The van der Waals surface area contributed by atoms with E-state index in [0.29, 0.717) is 52.3 Å². The van der Waals surface area contributed by atoms with Crippen LogP contribution in [0.1, 0.15) is 41.5 Å². The smallest absolute Gasteiger partial charge is 0.303 e. The number of methoxy groups -OCH3 is 3. The second-order valence-corrected chi connectivity index (χ2v) is 7.63. The minimum absolute atomic E-state index is 0.0700. The maximum atomic E-state index is 12.2. The van der Waals surface area contributed by atoms with E-state index in [4.69, 9.17) is 19.3 Å². The van der Waals surface area contributed by atoms with Crippen LogP contribution in [0.3, 0.4) is 0 Å². The average molecular weight is 461 g/mol. The van der Waals surface area contributed by atoms with E-state index in [2.05, 4.69) is 11.8 Å². The molecule has 0 heterocycles. The summed E-state index contributed by atoms with van der Waals surface area (Å²) in [6.45, 7) is 0. The maximum absolute atomic E-state index is 12.2. The molecule has 0 saturated carbocycles. The van der Waals surface area contributed by atoms with Crippen molar-refractivity contribution in [2.45, 2.75) is 24.9 Å². The van der Waals surface area contributed by atoms with Crippen LogP contribution in [0.2, 0.25) is 0 Å². The highest BCUT2D eigenvalue weighted by Crippen LogP contribution is 2.39. The lowest BCUT2D eigenvalue weighted by molar-refractivity contribution is -0.137. The molecule has 2 N–H and O–H groups in total. The van der Waals surface area contributed by atoms with Gasteiger partial charge in [0.25, 0.3) is 0 Å². The summed E-state index contributed by atoms with van der Waals surface area (Å²) in [5.41, 5.74) is 1.05. The Labute approximate surface area is 199 Å². The van der Waals surface area contributed by atoms with Gasteiger partial charge in [0.2, 0.25) is 0 Å². The topological polar surface area (TPSA) is 85.2 Å². The lowest BCUT2D eigenvalue weighted by Gasteiger charge is -2.31. The van der Waals surface area contributed by atoms with E-state index in [0.717, 1.165) is 0 Å². The molecule has 0 radical (unpaired) electrons. The normalized spacial score (nSPS) is 10.7. The van der Waals surface area contributed by atoms with Gasteiger partial charge in [0.1, 0.15) is 22.8 Å². The fourth-order valence-corrected chi connectivity index (χ4v) is 3.68. The monoisotopic (exact) mass is 460 g/mol. The average Bonchev–Trinajstić information content (AvgIpc) is 2.87. The number of unbranched alkanes of at least 4 members (excludes halogenated alkanes) is 1. The quantitative estimate of drug-likeness (QED) is 0.276. The number of carboxylic acid groups (broad SMARTS) is 1. The Bertz CT molecular complexity index is 1120. The van der Waals surface area contributed by atoms with E-state index >= 15 is 0 Å². The zero-order valence-corrected chi connectivity index (χ0v) is 19.5. The van der Waals surface area contributed by atoms with Gasteiger partial charge in [0.05, 0.1) is 26.9 Å². The Hall–Kier alpha value is -3.95. The first-order valence-corrected chi connectivity index (χ1v) is 10.8. The van der Waals surface area contributed by atoms with E-state index in [1.165, 1.54) is 0 Å². The summed E-state index contributed by atoms with van der Waals surface area (Å²) in [6, 6.07) is 19.9. The number of aliphatic hydroxyl groups is 1. The molecular formula is C28H28O6. The molecule has 3 rings (SSSR count). The molecule has 176 valence electrons. The highest BCUT2D eigenvalue weighted by atomic mass is 16.5. The molecule has 0 spiro atoms. The van der Waals surface area contributed by atoms with Crippen molar-refractivity contribution in [1.82, 2.24) is 0 Å². The van der Waals surface area contributed by atoms with Gasteiger partial charge in [-0.15, -0.1) is 0 Å². The molecule has 6 nitrogen and oxygen atoms in total. The van der Waals surface area contributed by atoms with Gasteiger partial charge in [-0.3, -0.25) is 4.79 Å². The van der Waals surface area contributed by atoms with Gasteiger partial charge in [-0.2, -0.15) is 0 Å². The predicted octanol–water partition coefficient (Wildman–Crippen LogP) is 4.60. The first-order chi connectivity index (χ1) is 16.4. The van der Waals surface area contributed by atoms with Crippen LogP contribution >= 0.6 is 0 Å². The Morgan fingerprint density at radius 3 is 1.82 bits per heavy atom. The molecule has 3 aromatic rings. The molecule has 0 atom stereocenters. The van der Waals surface area contributed by atoms with Crippen molar-refractivity contribution in [3.05, 3.63) is 89.0 Å². The van der Waals surface area contributed by atoms with E-state index < -0.39 is 11.6 Å². The van der Waals surface area contributed by atoms with Gasteiger partial charge in [-0.1, -0.05) is 42.2 Å². The van der Waals surface area contributed by atoms with Crippen molar-refractivity contribution < 1.29 is 29.2 Å². The fraction of sp³-hybridized carbons (Fsp3) is 0.250. The molecule has 6 heteroatoms. The molecule has 0 amide bonds. The zero-order valence-electron chi connectivity index (χ0n) is 19.5. The Morgan fingerprint density at radius 1 is 0.824 bits per heavy atom. The SMILES string of the molecule is COc1ccc(C(O)(c2ccc(OC)cc2)c2ccc(OC)c(C#CCCCC(=O)O)c2)cc1. The summed E-state index contributed by atoms with van der Waals surface area (Å²) in [7, 11) is 4.74. The van der Waals surface area contributed by atoms with Gasteiger partial charge < -0.3 is 24.4 Å². The summed E-state index contributed by atoms with van der Waals surface area (Å²) < 4.78 is 16.0. The summed E-state index contributed by atoms with van der Waals surface area (Å²) in [5, 5.41) is 21.0. The summed E-state index contributed by atoms with van der Waals surface area (Å²) >= 11 is 0. The van der Waals surface area contributed by atoms with E-state index in [1.54, 1.807) is 57.7 Å². The minimum atomic E-state index is -1.48. The van der Waals surface area contributed by atoms with Gasteiger partial charge in [0, 0.05) is 12.8 Å². The van der Waals surface area contributed by atoms with Crippen LogP contribution < -0.4 is 14.2 Å². The predicted molar refractivity (Wildman–Crippen MR) is 129 cm³/mol. The number of benzene rings is 3. The summed E-state index contributed by atoms with van der Waals surface area (Å²) in [5.74, 6) is 7.18. The fourth-order valence-electron chi connectivity index (χ4n) is 3.68. The molecule has 0 fully saturated rings. The van der Waals surface area contributed by atoms with E-state index in [-0.39, 0.29) is 6.42 Å². The van der Waals surface area contributed by atoms with Crippen LogP contribution in [-0.2, 0) is 10.4 Å². The molecule has 0 aliphatic rings. The molecule has 0 aliphatic carbocycles. The number of rotatable bonds is 9. The molecular weight excluding hydrogens is 432 g/mol. The van der Waals surface area contributed by atoms with Crippen LogP contribution in [0.15, 0.2) is 66.7 Å². The highest BCUT2D eigenvalue weighted by Gasteiger charge is 2.34. The van der Waals surface area contributed by atoms with Crippen molar-refractivity contribution in [3.63, 3.8) is 0 Å². The van der Waals surface area contributed by atoms with Gasteiger partial charge in [-0.05, 0) is 59.5 Å². The third kappa shape index (κ3) is 5.51. The molecule has 0 aliphatic heterocycles. The van der Waals surface area contributed by atoms with Gasteiger partial charge in [0.15, 0.2) is 0 Å². The Morgan fingerprint density at radius 2 is 1.35 bits per heavy atom. The Balaban J connectivity index is 2.09. The molecule has 34 heavy (non-hydrogen) atoms. The van der Waals surface area contributed by atoms with Crippen LogP contribution in [0, 0.1) is 11.8 Å². The second-order valence-electron chi connectivity index (χ2n) is 7.63. The highest BCUT2D eigenvalue weighted by molar-refractivity contribution is 5.66. The summed E-state index contributed by atoms with van der Waals surface area (Å²) in [6.07, 6.45) is 0.980. The minimum Gasteiger partial charge on any atom is -0.497 e. The third-order valence-electron chi connectivity index (χ3n) is 5.55. The van der Waals surface area contributed by atoms with Crippen molar-refractivity contribution in [2.75, 3.05) is 21.3 Å². The number of hydrogen-bond donors (Lipinski definition) is 2. The lowest BCUT2D eigenvalue weighted by atomic mass is 9.80. The molecule has 0 saturated heterocycles. The second kappa shape index (κ2) is 11.3. The Kier molecular flexibility index (Phi) is 8.18. The maximum Gasteiger partial charge on any atom is 0.303 e. The third-order valence-corrected chi connectivity index (χ3v) is 5.55. The van der Waals surface area contributed by atoms with Crippen LogP contribution in [0.25, 0.3) is 0 Å². The number of aliphatic carboxylic acids is 1. The first kappa shape index (κ1) is 24.7. The van der Waals surface area contributed by atoms with Crippen LogP contribution in [0.4, 0.5) is 0 Å². The lowest BCUT2D eigenvalue weighted by Crippen LogP contribution is -2.29. The standard InChI is InChI=1S/C28H28O6/c1-32-24-14-9-21(10-15-24)28(31,22-11-16-25(33-2)17-12-22)23-13-18-26(34-3)20(19-23)7-5-4-6-8-27(29)30/h9-19,31H,4,6,8H2,1-3H3,(H,29,30). The van der Waals surface area contributed by atoms with Crippen LogP contribution in [-0.4, -0.2) is 37.5 Å². The zero-order chi connectivity index (χ0) is 24.6. The van der Waals surface area contributed by atoms with Crippen molar-refractivity contribution in [1.29, 1.82) is 0 Å². The summed E-state index contributed by atoms with van der Waals surface area (Å²) in [4.78, 5) is 10.7. The van der Waals surface area contributed by atoms with Crippen molar-refractivity contribution in [3.8, 4) is 29.1 Å².